The number of aromatic nitrogens is 1. The number of halogens is 1. The summed E-state index contributed by atoms with van der Waals surface area (Å²) in [4.78, 5) is 15.7. The lowest BCUT2D eigenvalue weighted by Gasteiger charge is -2.06. The summed E-state index contributed by atoms with van der Waals surface area (Å²) in [7, 11) is 1.64. The van der Waals surface area contributed by atoms with Crippen molar-refractivity contribution in [1.82, 2.24) is 4.98 Å². The smallest absolute Gasteiger partial charge is 0.308 e. The van der Waals surface area contributed by atoms with E-state index in [1.54, 1.807) is 13.2 Å². The van der Waals surface area contributed by atoms with Gasteiger partial charge in [-0.05, 0) is 51.8 Å². The van der Waals surface area contributed by atoms with Crippen LogP contribution in [0, 0.1) is 0 Å². The van der Waals surface area contributed by atoms with Crippen molar-refractivity contribution in [3.05, 3.63) is 64.3 Å². The van der Waals surface area contributed by atoms with Crippen LogP contribution in [-0.2, 0) is 4.79 Å². The fourth-order valence-corrected chi connectivity index (χ4v) is 2.91. The SMILES string of the molecule is COc1cccc2ccc(/C=C/c3ccc(OC(C)=O)c(Br)c3)nc12. The molecule has 0 spiro atoms. The second-order valence-electron chi connectivity index (χ2n) is 5.38. The molecule has 0 aliphatic rings. The highest BCUT2D eigenvalue weighted by Crippen LogP contribution is 2.27. The molecule has 1 aromatic heterocycles. The van der Waals surface area contributed by atoms with Crippen LogP contribution in [-0.4, -0.2) is 18.1 Å². The normalized spacial score (nSPS) is 11.0. The van der Waals surface area contributed by atoms with Gasteiger partial charge in [0, 0.05) is 12.3 Å². The molecule has 0 aliphatic carbocycles. The van der Waals surface area contributed by atoms with Gasteiger partial charge in [-0.15, -0.1) is 0 Å². The lowest BCUT2D eigenvalue weighted by atomic mass is 10.1. The average molecular weight is 398 g/mol. The number of para-hydroxylation sites is 1. The van der Waals surface area contributed by atoms with Crippen molar-refractivity contribution in [1.29, 1.82) is 0 Å². The summed E-state index contributed by atoms with van der Waals surface area (Å²) in [5.41, 5.74) is 2.63. The molecule has 0 radical (unpaired) electrons. The topological polar surface area (TPSA) is 48.4 Å². The standard InChI is InChI=1S/C20H16BrNO3/c1-13(23)25-18-11-7-14(12-17(18)21)6-9-16-10-8-15-4-3-5-19(24-2)20(15)22-16/h3-12H,1-2H3/b9-6+. The molecule has 3 aromatic rings. The van der Waals surface area contributed by atoms with E-state index in [1.165, 1.54) is 6.92 Å². The lowest BCUT2D eigenvalue weighted by molar-refractivity contribution is -0.131. The second-order valence-corrected chi connectivity index (χ2v) is 6.24. The molecule has 0 fully saturated rings. The molecule has 0 saturated heterocycles. The first-order chi connectivity index (χ1) is 12.1. The van der Waals surface area contributed by atoms with Gasteiger partial charge in [-0.25, -0.2) is 4.98 Å². The number of methoxy groups -OCH3 is 1. The molecule has 2 aromatic carbocycles. The first kappa shape index (κ1) is 17.2. The maximum atomic E-state index is 11.0. The minimum atomic E-state index is -0.349. The van der Waals surface area contributed by atoms with E-state index in [0.29, 0.717) is 5.75 Å². The van der Waals surface area contributed by atoms with Crippen LogP contribution in [0.1, 0.15) is 18.2 Å². The van der Waals surface area contributed by atoms with Gasteiger partial charge in [-0.1, -0.05) is 30.3 Å². The van der Waals surface area contributed by atoms with Crippen LogP contribution in [0.4, 0.5) is 0 Å². The minimum absolute atomic E-state index is 0.349. The number of pyridine rings is 1. The Hall–Kier alpha value is -2.66. The van der Waals surface area contributed by atoms with Crippen molar-refractivity contribution < 1.29 is 14.3 Å². The number of rotatable bonds is 4. The Labute approximate surface area is 154 Å². The van der Waals surface area contributed by atoms with Gasteiger partial charge in [-0.3, -0.25) is 4.79 Å². The van der Waals surface area contributed by atoms with Crippen LogP contribution in [0.3, 0.4) is 0 Å². The van der Waals surface area contributed by atoms with Gasteiger partial charge in [0.2, 0.25) is 0 Å². The Morgan fingerprint density at radius 1 is 1.08 bits per heavy atom. The predicted octanol–water partition coefficient (Wildman–Crippen LogP) is 5.10. The molecule has 126 valence electrons. The molecule has 5 heteroatoms. The number of esters is 1. The van der Waals surface area contributed by atoms with Gasteiger partial charge in [0.05, 0.1) is 17.3 Å². The zero-order chi connectivity index (χ0) is 17.8. The number of hydrogen-bond donors (Lipinski definition) is 0. The predicted molar refractivity (Wildman–Crippen MR) is 103 cm³/mol. The molecule has 3 rings (SSSR count). The van der Waals surface area contributed by atoms with Crippen LogP contribution in [0.25, 0.3) is 23.1 Å². The maximum Gasteiger partial charge on any atom is 0.308 e. The molecule has 0 bridgehead atoms. The number of fused-ring (bicyclic) bond motifs is 1. The molecule has 0 unspecified atom stereocenters. The molecule has 25 heavy (non-hydrogen) atoms. The highest BCUT2D eigenvalue weighted by atomic mass is 79.9. The molecule has 1 heterocycles. The zero-order valence-electron chi connectivity index (χ0n) is 13.8. The van der Waals surface area contributed by atoms with E-state index in [-0.39, 0.29) is 5.97 Å². The molecule has 0 atom stereocenters. The van der Waals surface area contributed by atoms with E-state index in [1.807, 2.05) is 54.6 Å². The first-order valence-electron chi connectivity index (χ1n) is 7.66. The van der Waals surface area contributed by atoms with Crippen LogP contribution < -0.4 is 9.47 Å². The van der Waals surface area contributed by atoms with Crippen molar-refractivity contribution in [2.24, 2.45) is 0 Å². The van der Waals surface area contributed by atoms with Crippen molar-refractivity contribution in [2.75, 3.05) is 7.11 Å². The number of benzene rings is 2. The molecule has 4 nitrogen and oxygen atoms in total. The minimum Gasteiger partial charge on any atom is -0.494 e. The van der Waals surface area contributed by atoms with E-state index in [4.69, 9.17) is 9.47 Å². The van der Waals surface area contributed by atoms with E-state index in [0.717, 1.165) is 32.4 Å². The Morgan fingerprint density at radius 3 is 2.64 bits per heavy atom. The second kappa shape index (κ2) is 7.49. The van der Waals surface area contributed by atoms with Crippen LogP contribution in [0.2, 0.25) is 0 Å². The number of ether oxygens (including phenoxy) is 2. The van der Waals surface area contributed by atoms with Gasteiger partial charge in [0.1, 0.15) is 17.0 Å². The largest absolute Gasteiger partial charge is 0.494 e. The fourth-order valence-electron chi connectivity index (χ4n) is 2.43. The summed E-state index contributed by atoms with van der Waals surface area (Å²) in [5.74, 6) is 0.901. The fraction of sp³-hybridized carbons (Fsp3) is 0.100. The first-order valence-corrected chi connectivity index (χ1v) is 8.46. The lowest BCUT2D eigenvalue weighted by Crippen LogP contribution is -2.01. The summed E-state index contributed by atoms with van der Waals surface area (Å²) < 4.78 is 11.2. The molecule has 0 amide bonds. The summed E-state index contributed by atoms with van der Waals surface area (Å²) >= 11 is 3.41. The third kappa shape index (κ3) is 4.06. The third-order valence-electron chi connectivity index (χ3n) is 3.58. The number of carbonyl (C=O) groups excluding carboxylic acids is 1. The van der Waals surface area contributed by atoms with Crippen LogP contribution in [0.5, 0.6) is 11.5 Å². The Bertz CT molecular complexity index is 966. The Morgan fingerprint density at radius 2 is 1.92 bits per heavy atom. The highest BCUT2D eigenvalue weighted by Gasteiger charge is 2.05. The van der Waals surface area contributed by atoms with Gasteiger partial charge >= 0.3 is 5.97 Å². The average Bonchev–Trinajstić information content (AvgIpc) is 2.61. The molecule has 0 aliphatic heterocycles. The Kier molecular flexibility index (Phi) is 5.14. The van der Waals surface area contributed by atoms with E-state index in [2.05, 4.69) is 20.9 Å². The van der Waals surface area contributed by atoms with Gasteiger partial charge in [0.25, 0.3) is 0 Å². The monoisotopic (exact) mass is 397 g/mol. The maximum absolute atomic E-state index is 11.0. The van der Waals surface area contributed by atoms with Crippen molar-refractivity contribution >= 4 is 45.0 Å². The molecular formula is C20H16BrNO3. The van der Waals surface area contributed by atoms with Gasteiger partial charge < -0.3 is 9.47 Å². The highest BCUT2D eigenvalue weighted by molar-refractivity contribution is 9.10. The number of nitrogens with zero attached hydrogens (tertiary/aromatic N) is 1. The number of carbonyl (C=O) groups is 1. The van der Waals surface area contributed by atoms with Crippen molar-refractivity contribution in [3.8, 4) is 11.5 Å². The van der Waals surface area contributed by atoms with Gasteiger partial charge in [0.15, 0.2) is 0 Å². The third-order valence-corrected chi connectivity index (χ3v) is 4.20. The van der Waals surface area contributed by atoms with E-state index in [9.17, 15) is 4.79 Å². The van der Waals surface area contributed by atoms with E-state index < -0.39 is 0 Å². The summed E-state index contributed by atoms with van der Waals surface area (Å²) in [6.45, 7) is 1.37. The molecule has 0 N–H and O–H groups in total. The molecule has 0 saturated carbocycles. The van der Waals surface area contributed by atoms with Crippen LogP contribution >= 0.6 is 15.9 Å². The van der Waals surface area contributed by atoms with Crippen LogP contribution in [0.15, 0.2) is 53.0 Å². The van der Waals surface area contributed by atoms with E-state index >= 15 is 0 Å². The summed E-state index contributed by atoms with van der Waals surface area (Å²) in [6.07, 6.45) is 3.88. The van der Waals surface area contributed by atoms with Gasteiger partial charge in [-0.2, -0.15) is 0 Å². The summed E-state index contributed by atoms with van der Waals surface area (Å²) in [5, 5.41) is 1.03. The summed E-state index contributed by atoms with van der Waals surface area (Å²) in [6, 6.07) is 15.3. The Balaban J connectivity index is 1.88. The van der Waals surface area contributed by atoms with Crippen molar-refractivity contribution in [2.45, 2.75) is 6.92 Å². The quantitative estimate of drug-likeness (QED) is 0.453. The zero-order valence-corrected chi connectivity index (χ0v) is 15.4. The number of hydrogen-bond acceptors (Lipinski definition) is 4. The molecular weight excluding hydrogens is 382 g/mol. The van der Waals surface area contributed by atoms with Crippen molar-refractivity contribution in [3.63, 3.8) is 0 Å².